The Bertz CT molecular complexity index is 726. The van der Waals surface area contributed by atoms with Crippen LogP contribution in [0.4, 0.5) is 0 Å². The fourth-order valence-corrected chi connectivity index (χ4v) is 3.97. The van der Waals surface area contributed by atoms with Gasteiger partial charge in [-0.3, -0.25) is 14.5 Å². The smallest absolute Gasteiger partial charge is 0.255 e. The van der Waals surface area contributed by atoms with Crippen LogP contribution in [-0.4, -0.2) is 76.8 Å². The molecule has 7 heteroatoms. The Balaban J connectivity index is 1.78. The summed E-state index contributed by atoms with van der Waals surface area (Å²) in [7, 11) is 2.09. The molecule has 1 aromatic heterocycles. The fraction of sp³-hybridized carbons (Fsp3) is 0.579. The molecular formula is C19H25N5O2. The second kappa shape index (κ2) is 7.42. The highest BCUT2D eigenvalue weighted by molar-refractivity contribution is 5.94. The topological polar surface area (TPSA) is 80.5 Å². The third-order valence-corrected chi connectivity index (χ3v) is 5.80. The number of nitriles is 1. The standard InChI is InChI=1S/C19H25N5O2/c1-3-23-9-8-19(7-6-17(23)25)14-24(11-10-22(19)2)18(26)15-4-5-16(12-20)21-13-15/h4-5,13H,3,6-11,14H2,1-2H3/t19-/m1/s1. The van der Waals surface area contributed by atoms with Crippen LogP contribution in [0.2, 0.25) is 0 Å². The minimum Gasteiger partial charge on any atom is -0.343 e. The highest BCUT2D eigenvalue weighted by Crippen LogP contribution is 2.32. The van der Waals surface area contributed by atoms with Crippen molar-refractivity contribution < 1.29 is 9.59 Å². The third kappa shape index (κ3) is 3.42. The van der Waals surface area contributed by atoms with Crippen LogP contribution in [0.5, 0.6) is 0 Å². The fourth-order valence-electron chi connectivity index (χ4n) is 3.97. The molecule has 3 rings (SSSR count). The SMILES string of the molecule is CCN1CC[C@]2(CCC1=O)CN(C(=O)c1ccc(C#N)nc1)CCN2C. The molecule has 26 heavy (non-hydrogen) atoms. The van der Waals surface area contributed by atoms with Gasteiger partial charge in [-0.1, -0.05) is 0 Å². The molecule has 0 aromatic carbocycles. The zero-order valence-electron chi connectivity index (χ0n) is 15.4. The lowest BCUT2D eigenvalue weighted by Gasteiger charge is -2.49. The van der Waals surface area contributed by atoms with Crippen molar-refractivity contribution >= 4 is 11.8 Å². The van der Waals surface area contributed by atoms with Crippen molar-refractivity contribution in [3.63, 3.8) is 0 Å². The average molecular weight is 355 g/mol. The summed E-state index contributed by atoms with van der Waals surface area (Å²) in [6, 6.07) is 5.20. The number of carbonyl (C=O) groups excluding carboxylic acids is 2. The maximum atomic E-state index is 12.9. The molecule has 0 unspecified atom stereocenters. The number of aromatic nitrogens is 1. The van der Waals surface area contributed by atoms with E-state index in [4.69, 9.17) is 5.26 Å². The van der Waals surface area contributed by atoms with Crippen molar-refractivity contribution in [1.29, 1.82) is 5.26 Å². The highest BCUT2D eigenvalue weighted by Gasteiger charge is 2.43. The van der Waals surface area contributed by atoms with Gasteiger partial charge in [0.25, 0.3) is 5.91 Å². The number of rotatable bonds is 2. The number of hydrogen-bond donors (Lipinski definition) is 0. The molecule has 2 fully saturated rings. The molecule has 0 aliphatic carbocycles. The second-order valence-corrected chi connectivity index (χ2v) is 7.14. The lowest BCUT2D eigenvalue weighted by atomic mass is 9.86. The Morgan fingerprint density at radius 3 is 2.77 bits per heavy atom. The molecule has 0 bridgehead atoms. The molecule has 3 heterocycles. The van der Waals surface area contributed by atoms with E-state index >= 15 is 0 Å². The maximum absolute atomic E-state index is 12.9. The molecule has 1 aromatic rings. The van der Waals surface area contributed by atoms with Crippen LogP contribution in [0, 0.1) is 11.3 Å². The van der Waals surface area contributed by atoms with Gasteiger partial charge in [-0.2, -0.15) is 5.26 Å². The van der Waals surface area contributed by atoms with Crippen LogP contribution in [0.25, 0.3) is 0 Å². The van der Waals surface area contributed by atoms with Gasteiger partial charge in [-0.05, 0) is 38.9 Å². The van der Waals surface area contributed by atoms with E-state index < -0.39 is 0 Å². The molecule has 0 N–H and O–H groups in total. The number of nitrogens with zero attached hydrogens (tertiary/aromatic N) is 5. The summed E-state index contributed by atoms with van der Waals surface area (Å²) in [6.45, 7) is 5.54. The first-order chi connectivity index (χ1) is 12.5. The Hall–Kier alpha value is -2.46. The average Bonchev–Trinajstić information content (AvgIpc) is 2.83. The van der Waals surface area contributed by atoms with Crippen molar-refractivity contribution in [2.75, 3.05) is 39.8 Å². The lowest BCUT2D eigenvalue weighted by molar-refractivity contribution is -0.130. The minimum atomic E-state index is -0.159. The molecule has 2 aliphatic heterocycles. The van der Waals surface area contributed by atoms with Crippen molar-refractivity contribution in [3.8, 4) is 6.07 Å². The van der Waals surface area contributed by atoms with Gasteiger partial charge in [0.15, 0.2) is 0 Å². The zero-order chi connectivity index (χ0) is 18.7. The molecule has 1 spiro atoms. The Morgan fingerprint density at radius 1 is 1.31 bits per heavy atom. The predicted octanol–water partition coefficient (Wildman–Crippen LogP) is 1.11. The van der Waals surface area contributed by atoms with Gasteiger partial charge in [0.2, 0.25) is 5.91 Å². The lowest BCUT2D eigenvalue weighted by Crippen LogP contribution is -2.62. The molecule has 138 valence electrons. The third-order valence-electron chi connectivity index (χ3n) is 5.80. The van der Waals surface area contributed by atoms with Crippen molar-refractivity contribution in [2.45, 2.75) is 31.7 Å². The van der Waals surface area contributed by atoms with E-state index in [-0.39, 0.29) is 17.4 Å². The number of hydrogen-bond acceptors (Lipinski definition) is 5. The Kier molecular flexibility index (Phi) is 5.23. The first-order valence-corrected chi connectivity index (χ1v) is 9.13. The molecule has 0 radical (unpaired) electrons. The minimum absolute atomic E-state index is 0.0580. The number of amides is 2. The van der Waals surface area contributed by atoms with Crippen molar-refractivity contribution in [2.24, 2.45) is 0 Å². The number of carbonyl (C=O) groups is 2. The van der Waals surface area contributed by atoms with Crippen LogP contribution in [0.1, 0.15) is 42.2 Å². The molecule has 0 saturated carbocycles. The largest absolute Gasteiger partial charge is 0.343 e. The van der Waals surface area contributed by atoms with E-state index in [1.807, 2.05) is 22.8 Å². The van der Waals surface area contributed by atoms with E-state index in [2.05, 4.69) is 16.9 Å². The van der Waals surface area contributed by atoms with E-state index in [0.29, 0.717) is 30.8 Å². The zero-order valence-corrected chi connectivity index (χ0v) is 15.4. The quantitative estimate of drug-likeness (QED) is 0.794. The summed E-state index contributed by atoms with van der Waals surface area (Å²) in [5.74, 6) is 0.148. The van der Waals surface area contributed by atoms with Crippen LogP contribution in [-0.2, 0) is 4.79 Å². The molecule has 7 nitrogen and oxygen atoms in total. The van der Waals surface area contributed by atoms with Crippen LogP contribution >= 0.6 is 0 Å². The monoisotopic (exact) mass is 355 g/mol. The Labute approximate surface area is 154 Å². The van der Waals surface area contributed by atoms with Gasteiger partial charge < -0.3 is 9.80 Å². The van der Waals surface area contributed by atoms with Gasteiger partial charge in [0.05, 0.1) is 5.56 Å². The number of likely N-dealkylation sites (N-methyl/N-ethyl adjacent to an activating group) is 1. The molecule has 2 amide bonds. The summed E-state index contributed by atoms with van der Waals surface area (Å²) in [5.41, 5.74) is 0.648. The van der Waals surface area contributed by atoms with Crippen LogP contribution < -0.4 is 0 Å². The predicted molar refractivity (Wildman–Crippen MR) is 96.3 cm³/mol. The van der Waals surface area contributed by atoms with Crippen LogP contribution in [0.15, 0.2) is 18.3 Å². The summed E-state index contributed by atoms with van der Waals surface area (Å²) in [6.07, 6.45) is 3.65. The van der Waals surface area contributed by atoms with Gasteiger partial charge >= 0.3 is 0 Å². The number of piperazine rings is 1. The first kappa shape index (κ1) is 18.3. The molecule has 2 saturated heterocycles. The van der Waals surface area contributed by atoms with E-state index in [0.717, 1.165) is 32.5 Å². The van der Waals surface area contributed by atoms with E-state index in [9.17, 15) is 9.59 Å². The summed E-state index contributed by atoms with van der Waals surface area (Å²) >= 11 is 0. The van der Waals surface area contributed by atoms with E-state index in [1.165, 1.54) is 6.20 Å². The van der Waals surface area contributed by atoms with Crippen molar-refractivity contribution in [3.05, 3.63) is 29.6 Å². The summed E-state index contributed by atoms with van der Waals surface area (Å²) in [4.78, 5) is 35.3. The van der Waals surface area contributed by atoms with Gasteiger partial charge in [0.1, 0.15) is 11.8 Å². The van der Waals surface area contributed by atoms with Gasteiger partial charge in [0, 0.05) is 50.9 Å². The molecule has 1 atom stereocenters. The maximum Gasteiger partial charge on any atom is 0.255 e. The first-order valence-electron chi connectivity index (χ1n) is 9.13. The summed E-state index contributed by atoms with van der Waals surface area (Å²) in [5, 5.41) is 8.86. The highest BCUT2D eigenvalue weighted by atomic mass is 16.2. The van der Waals surface area contributed by atoms with Gasteiger partial charge in [-0.25, -0.2) is 4.98 Å². The molecule has 2 aliphatic rings. The molecular weight excluding hydrogens is 330 g/mol. The van der Waals surface area contributed by atoms with Crippen molar-refractivity contribution in [1.82, 2.24) is 19.7 Å². The normalized spacial score (nSPS) is 24.4. The van der Waals surface area contributed by atoms with Crippen LogP contribution in [0.3, 0.4) is 0 Å². The second-order valence-electron chi connectivity index (χ2n) is 7.14. The van der Waals surface area contributed by atoms with Gasteiger partial charge in [-0.15, -0.1) is 0 Å². The Morgan fingerprint density at radius 2 is 2.12 bits per heavy atom. The number of pyridine rings is 1. The van der Waals surface area contributed by atoms with E-state index in [1.54, 1.807) is 12.1 Å². The summed E-state index contributed by atoms with van der Waals surface area (Å²) < 4.78 is 0. The number of likely N-dealkylation sites (tertiary alicyclic amines) is 1.